The minimum atomic E-state index is -1.08. The van der Waals surface area contributed by atoms with Gasteiger partial charge in [0.05, 0.1) is 11.6 Å². The third kappa shape index (κ3) is 3.68. The normalized spacial score (nSPS) is 16.9. The summed E-state index contributed by atoms with van der Waals surface area (Å²) in [7, 11) is 1.69. The number of aromatic nitrogens is 2. The second-order valence-electron chi connectivity index (χ2n) is 6.01. The summed E-state index contributed by atoms with van der Waals surface area (Å²) in [6, 6.07) is 8.72. The third-order valence-electron chi connectivity index (χ3n) is 4.16. The van der Waals surface area contributed by atoms with Crippen LogP contribution in [0.15, 0.2) is 36.5 Å². The maximum absolute atomic E-state index is 12.2. The summed E-state index contributed by atoms with van der Waals surface area (Å²) in [5, 5.41) is 15.8. The van der Waals surface area contributed by atoms with E-state index in [4.69, 9.17) is 5.11 Å². The molecule has 130 valence electrons. The molecule has 3 rings (SSSR count). The average Bonchev–Trinajstić information content (AvgIpc) is 3.21. The van der Waals surface area contributed by atoms with Gasteiger partial charge < -0.3 is 15.3 Å². The van der Waals surface area contributed by atoms with E-state index in [9.17, 15) is 14.4 Å². The van der Waals surface area contributed by atoms with Crippen molar-refractivity contribution in [3.63, 3.8) is 0 Å². The van der Waals surface area contributed by atoms with Crippen molar-refractivity contribution in [2.45, 2.75) is 13.0 Å². The van der Waals surface area contributed by atoms with E-state index in [0.717, 1.165) is 5.56 Å². The first kappa shape index (κ1) is 16.7. The van der Waals surface area contributed by atoms with Gasteiger partial charge in [-0.25, -0.2) is 9.48 Å². The molecule has 2 amide bonds. The molecule has 0 saturated carbocycles. The summed E-state index contributed by atoms with van der Waals surface area (Å²) < 4.78 is 1.47. The number of hydrogen-bond donors (Lipinski definition) is 2. The number of hydrogen-bond acceptors (Lipinski definition) is 4. The van der Waals surface area contributed by atoms with Gasteiger partial charge in [0.2, 0.25) is 11.8 Å². The molecular weight excluding hydrogens is 324 g/mol. The van der Waals surface area contributed by atoms with Crippen LogP contribution in [-0.2, 0) is 16.1 Å². The van der Waals surface area contributed by atoms with Gasteiger partial charge in [-0.05, 0) is 23.8 Å². The first-order chi connectivity index (χ1) is 11.9. The van der Waals surface area contributed by atoms with Gasteiger partial charge in [-0.3, -0.25) is 9.59 Å². The quantitative estimate of drug-likeness (QED) is 0.831. The molecule has 0 bridgehead atoms. The Morgan fingerprint density at radius 3 is 2.80 bits per heavy atom. The number of carbonyl (C=O) groups excluding carboxylic acids is 2. The molecule has 1 unspecified atom stereocenters. The van der Waals surface area contributed by atoms with Crippen LogP contribution < -0.4 is 5.32 Å². The number of nitrogens with one attached hydrogen (secondary N) is 1. The first-order valence-corrected chi connectivity index (χ1v) is 7.84. The van der Waals surface area contributed by atoms with E-state index in [2.05, 4.69) is 10.4 Å². The van der Waals surface area contributed by atoms with Crippen LogP contribution in [0.3, 0.4) is 0 Å². The molecule has 0 aliphatic carbocycles. The van der Waals surface area contributed by atoms with Crippen LogP contribution in [0, 0.1) is 5.92 Å². The maximum atomic E-state index is 12.2. The first-order valence-electron chi connectivity index (χ1n) is 7.84. The molecule has 1 aliphatic rings. The second-order valence-corrected chi connectivity index (χ2v) is 6.01. The highest BCUT2D eigenvalue weighted by Crippen LogP contribution is 2.16. The Balaban J connectivity index is 1.64. The molecule has 2 aromatic rings. The van der Waals surface area contributed by atoms with Crippen molar-refractivity contribution in [1.29, 1.82) is 0 Å². The highest BCUT2D eigenvalue weighted by atomic mass is 16.4. The van der Waals surface area contributed by atoms with Crippen molar-refractivity contribution in [2.75, 3.05) is 13.6 Å². The van der Waals surface area contributed by atoms with Crippen LogP contribution in [0.4, 0.5) is 0 Å². The Morgan fingerprint density at radius 1 is 1.36 bits per heavy atom. The van der Waals surface area contributed by atoms with Gasteiger partial charge in [-0.15, -0.1) is 0 Å². The molecule has 0 spiro atoms. The smallest absolute Gasteiger partial charge is 0.356 e. The molecule has 1 saturated heterocycles. The lowest BCUT2D eigenvalue weighted by Gasteiger charge is -2.11. The number of carbonyl (C=O) groups is 3. The van der Waals surface area contributed by atoms with Crippen molar-refractivity contribution in [3.8, 4) is 5.69 Å². The molecule has 8 nitrogen and oxygen atoms in total. The molecule has 1 aromatic carbocycles. The number of carboxylic acids is 1. The lowest BCUT2D eigenvalue weighted by atomic mass is 10.1. The van der Waals surface area contributed by atoms with E-state index < -0.39 is 5.97 Å². The molecular formula is C17H18N4O4. The Kier molecular flexibility index (Phi) is 4.51. The van der Waals surface area contributed by atoms with Gasteiger partial charge in [0, 0.05) is 32.8 Å². The Hall–Kier alpha value is -3.16. The predicted molar refractivity (Wildman–Crippen MR) is 88.1 cm³/mol. The molecule has 2 heterocycles. The molecule has 1 aliphatic heterocycles. The summed E-state index contributed by atoms with van der Waals surface area (Å²) >= 11 is 0. The number of likely N-dealkylation sites (tertiary alicyclic amines) is 1. The van der Waals surface area contributed by atoms with E-state index in [1.54, 1.807) is 24.2 Å². The van der Waals surface area contributed by atoms with Crippen molar-refractivity contribution in [3.05, 3.63) is 47.8 Å². The van der Waals surface area contributed by atoms with Gasteiger partial charge in [0.15, 0.2) is 5.69 Å². The van der Waals surface area contributed by atoms with E-state index in [1.807, 2.05) is 18.2 Å². The summed E-state index contributed by atoms with van der Waals surface area (Å²) in [6.45, 7) is 0.768. The molecule has 8 heteroatoms. The lowest BCUT2D eigenvalue weighted by molar-refractivity contribution is -0.128. The summed E-state index contributed by atoms with van der Waals surface area (Å²) in [5.41, 5.74) is 1.53. The molecule has 1 fully saturated rings. The summed E-state index contributed by atoms with van der Waals surface area (Å²) in [6.07, 6.45) is 1.81. The number of carboxylic acid groups (broad SMARTS) is 1. The van der Waals surface area contributed by atoms with Crippen molar-refractivity contribution >= 4 is 17.8 Å². The zero-order valence-corrected chi connectivity index (χ0v) is 13.7. The minimum absolute atomic E-state index is 0.0185. The van der Waals surface area contributed by atoms with E-state index >= 15 is 0 Å². The highest BCUT2D eigenvalue weighted by Gasteiger charge is 2.31. The van der Waals surface area contributed by atoms with Gasteiger partial charge >= 0.3 is 5.97 Å². The van der Waals surface area contributed by atoms with Crippen LogP contribution in [-0.4, -0.2) is 51.2 Å². The van der Waals surface area contributed by atoms with E-state index in [-0.39, 0.29) is 29.8 Å². The molecule has 2 N–H and O–H groups in total. The van der Waals surface area contributed by atoms with Crippen molar-refractivity contribution in [1.82, 2.24) is 20.0 Å². The van der Waals surface area contributed by atoms with Gasteiger partial charge in [0.1, 0.15) is 0 Å². The van der Waals surface area contributed by atoms with Crippen molar-refractivity contribution < 1.29 is 19.5 Å². The summed E-state index contributed by atoms with van der Waals surface area (Å²) in [5.74, 6) is -1.56. The Labute approximate surface area is 144 Å². The fourth-order valence-electron chi connectivity index (χ4n) is 2.76. The standard InChI is InChI=1S/C17H18N4O4/c1-20-10-12(8-15(20)22)16(23)18-9-11-3-2-4-13(7-11)21-6-5-14(19-21)17(24)25/h2-7,12H,8-10H2,1H3,(H,18,23)(H,24,25). The highest BCUT2D eigenvalue weighted by molar-refractivity contribution is 5.89. The topological polar surface area (TPSA) is 105 Å². The molecule has 25 heavy (non-hydrogen) atoms. The average molecular weight is 342 g/mol. The molecule has 0 radical (unpaired) electrons. The molecule has 1 aromatic heterocycles. The zero-order valence-electron chi connectivity index (χ0n) is 13.7. The predicted octanol–water partition coefficient (Wildman–Crippen LogP) is 0.665. The van der Waals surface area contributed by atoms with Gasteiger partial charge in [0.25, 0.3) is 0 Å². The van der Waals surface area contributed by atoms with Crippen LogP contribution in [0.5, 0.6) is 0 Å². The number of aromatic carboxylic acids is 1. The van der Waals surface area contributed by atoms with E-state index in [0.29, 0.717) is 18.8 Å². The Bertz CT molecular complexity index is 830. The van der Waals surface area contributed by atoms with E-state index in [1.165, 1.54) is 10.7 Å². The largest absolute Gasteiger partial charge is 0.476 e. The lowest BCUT2D eigenvalue weighted by Crippen LogP contribution is -2.31. The monoisotopic (exact) mass is 342 g/mol. The molecule has 1 atom stereocenters. The number of rotatable bonds is 5. The number of nitrogens with zero attached hydrogens (tertiary/aromatic N) is 3. The van der Waals surface area contributed by atoms with Crippen LogP contribution in [0.2, 0.25) is 0 Å². The third-order valence-corrected chi connectivity index (χ3v) is 4.16. The van der Waals surface area contributed by atoms with Gasteiger partial charge in [-0.2, -0.15) is 5.10 Å². The summed E-state index contributed by atoms with van der Waals surface area (Å²) in [4.78, 5) is 36.1. The SMILES string of the molecule is CN1CC(C(=O)NCc2cccc(-n3ccc(C(=O)O)n3)c2)CC1=O. The fourth-order valence-corrected chi connectivity index (χ4v) is 2.76. The van der Waals surface area contributed by atoms with Crippen LogP contribution >= 0.6 is 0 Å². The zero-order chi connectivity index (χ0) is 18.0. The number of benzene rings is 1. The van der Waals surface area contributed by atoms with Crippen molar-refractivity contribution in [2.24, 2.45) is 5.92 Å². The fraction of sp³-hybridized carbons (Fsp3) is 0.294. The minimum Gasteiger partial charge on any atom is -0.476 e. The number of amides is 2. The Morgan fingerprint density at radius 2 is 2.16 bits per heavy atom. The van der Waals surface area contributed by atoms with Crippen LogP contribution in [0.25, 0.3) is 5.69 Å². The second kappa shape index (κ2) is 6.76. The maximum Gasteiger partial charge on any atom is 0.356 e. The van der Waals surface area contributed by atoms with Crippen LogP contribution in [0.1, 0.15) is 22.5 Å². The van der Waals surface area contributed by atoms with Gasteiger partial charge in [-0.1, -0.05) is 12.1 Å².